The molecular weight excluding hydrogens is 326 g/mol. The second-order valence-corrected chi connectivity index (χ2v) is 7.16. The number of β-amino-alcohol motifs (C(OH)–C–C–N with tert-alkyl or cyclic N) is 1. The summed E-state index contributed by atoms with van der Waals surface area (Å²) in [7, 11) is 0. The number of morpholine rings is 1. The molecule has 2 aromatic carbocycles. The van der Waals surface area contributed by atoms with Gasteiger partial charge in [0.15, 0.2) is 0 Å². The zero-order valence-electron chi connectivity index (χ0n) is 15.6. The molecule has 140 valence electrons. The van der Waals surface area contributed by atoms with Gasteiger partial charge in [0, 0.05) is 19.6 Å². The molecule has 0 bridgehead atoms. The molecule has 1 heterocycles. The molecule has 4 heteroatoms. The molecular formula is C22H29NO3. The fraction of sp³-hybridized carbons (Fsp3) is 0.455. The summed E-state index contributed by atoms with van der Waals surface area (Å²) >= 11 is 0. The lowest BCUT2D eigenvalue weighted by molar-refractivity contribution is -0.0843. The van der Waals surface area contributed by atoms with Gasteiger partial charge in [-0.25, -0.2) is 0 Å². The van der Waals surface area contributed by atoms with E-state index < -0.39 is 6.10 Å². The summed E-state index contributed by atoms with van der Waals surface area (Å²) < 4.78 is 11.9. The molecule has 1 aliphatic heterocycles. The average molecular weight is 355 g/mol. The zero-order valence-corrected chi connectivity index (χ0v) is 15.6. The van der Waals surface area contributed by atoms with Crippen LogP contribution in [0.25, 0.3) is 0 Å². The van der Waals surface area contributed by atoms with E-state index in [-0.39, 0.29) is 18.3 Å². The van der Waals surface area contributed by atoms with Crippen molar-refractivity contribution in [3.63, 3.8) is 0 Å². The molecule has 2 aromatic rings. The quantitative estimate of drug-likeness (QED) is 0.828. The third kappa shape index (κ3) is 5.39. The third-order valence-corrected chi connectivity index (χ3v) is 4.62. The molecule has 3 rings (SSSR count). The highest BCUT2D eigenvalue weighted by Crippen LogP contribution is 2.26. The first-order valence-corrected chi connectivity index (χ1v) is 9.39. The van der Waals surface area contributed by atoms with E-state index in [1.165, 1.54) is 0 Å². The van der Waals surface area contributed by atoms with E-state index >= 15 is 0 Å². The van der Waals surface area contributed by atoms with E-state index in [9.17, 15) is 5.11 Å². The number of nitrogens with zero attached hydrogens (tertiary/aromatic N) is 1. The summed E-state index contributed by atoms with van der Waals surface area (Å²) in [4.78, 5) is 2.26. The Hall–Kier alpha value is -1.72. The van der Waals surface area contributed by atoms with Crippen molar-refractivity contribution in [3.05, 3.63) is 71.8 Å². The molecule has 0 amide bonds. The van der Waals surface area contributed by atoms with E-state index in [1.807, 2.05) is 36.4 Å². The van der Waals surface area contributed by atoms with Crippen LogP contribution in [0.4, 0.5) is 0 Å². The lowest BCUT2D eigenvalue weighted by atomic mass is 10.0. The van der Waals surface area contributed by atoms with Crippen LogP contribution in [0, 0.1) is 0 Å². The molecule has 0 aromatic heterocycles. The first-order chi connectivity index (χ1) is 12.6. The van der Waals surface area contributed by atoms with Crippen molar-refractivity contribution in [2.75, 3.05) is 26.2 Å². The summed E-state index contributed by atoms with van der Waals surface area (Å²) in [6.07, 6.45) is -0.293. The third-order valence-electron chi connectivity index (χ3n) is 4.62. The number of aliphatic hydroxyl groups is 1. The number of hydrogen-bond acceptors (Lipinski definition) is 4. The minimum Gasteiger partial charge on any atom is -0.389 e. The van der Waals surface area contributed by atoms with Crippen LogP contribution in [0.2, 0.25) is 0 Å². The van der Waals surface area contributed by atoms with Crippen LogP contribution in [0.5, 0.6) is 0 Å². The molecule has 0 radical (unpaired) electrons. The molecule has 3 atom stereocenters. The fourth-order valence-electron chi connectivity index (χ4n) is 3.63. The van der Waals surface area contributed by atoms with Gasteiger partial charge in [0.2, 0.25) is 0 Å². The van der Waals surface area contributed by atoms with Gasteiger partial charge in [-0.3, -0.25) is 4.90 Å². The molecule has 1 saturated heterocycles. The van der Waals surface area contributed by atoms with Gasteiger partial charge in [0.25, 0.3) is 0 Å². The van der Waals surface area contributed by atoms with Crippen molar-refractivity contribution in [1.29, 1.82) is 0 Å². The Morgan fingerprint density at radius 1 is 0.962 bits per heavy atom. The Labute approximate surface area is 156 Å². The van der Waals surface area contributed by atoms with Crippen molar-refractivity contribution in [1.82, 2.24) is 4.90 Å². The molecule has 0 unspecified atom stereocenters. The zero-order chi connectivity index (χ0) is 18.4. The van der Waals surface area contributed by atoms with Gasteiger partial charge in [0.1, 0.15) is 6.10 Å². The summed E-state index contributed by atoms with van der Waals surface area (Å²) in [5.74, 6) is 0. The number of aliphatic hydroxyl groups excluding tert-OH is 1. The first kappa shape index (κ1) is 19.1. The summed E-state index contributed by atoms with van der Waals surface area (Å²) in [5.41, 5.74) is 2.19. The van der Waals surface area contributed by atoms with Gasteiger partial charge >= 0.3 is 0 Å². The smallest absolute Gasteiger partial charge is 0.108 e. The van der Waals surface area contributed by atoms with Crippen LogP contribution in [0.3, 0.4) is 0 Å². The minimum absolute atomic E-state index is 0.172. The maximum Gasteiger partial charge on any atom is 0.108 e. The average Bonchev–Trinajstić information content (AvgIpc) is 2.63. The summed E-state index contributed by atoms with van der Waals surface area (Å²) in [6.45, 7) is 6.76. The standard InChI is InChI=1S/C22H29NO3/c1-17-13-23(14-18(2)26-17)15-21(24)16-25-22(19-9-5-3-6-10-19)20-11-7-4-8-12-20/h3-12,17-18,21-22,24H,13-16H2,1-2H3/t17-,18-,21-/m0/s1. The second-order valence-electron chi connectivity index (χ2n) is 7.16. The number of ether oxygens (including phenoxy) is 2. The van der Waals surface area contributed by atoms with Gasteiger partial charge in [0.05, 0.1) is 24.9 Å². The molecule has 26 heavy (non-hydrogen) atoms. The van der Waals surface area contributed by atoms with Crippen molar-refractivity contribution < 1.29 is 14.6 Å². The van der Waals surface area contributed by atoms with Crippen LogP contribution in [-0.4, -0.2) is 54.6 Å². The Bertz CT molecular complexity index is 599. The first-order valence-electron chi connectivity index (χ1n) is 9.39. The van der Waals surface area contributed by atoms with Crippen LogP contribution < -0.4 is 0 Å². The Balaban J connectivity index is 1.61. The number of rotatable bonds is 7. The Morgan fingerprint density at radius 2 is 1.46 bits per heavy atom. The lowest BCUT2D eigenvalue weighted by Crippen LogP contribution is -2.48. The van der Waals surface area contributed by atoms with Crippen molar-refractivity contribution in [2.24, 2.45) is 0 Å². The Morgan fingerprint density at radius 3 is 1.96 bits per heavy atom. The highest BCUT2D eigenvalue weighted by Gasteiger charge is 2.24. The lowest BCUT2D eigenvalue weighted by Gasteiger charge is -2.36. The van der Waals surface area contributed by atoms with Crippen molar-refractivity contribution >= 4 is 0 Å². The number of hydrogen-bond donors (Lipinski definition) is 1. The van der Waals surface area contributed by atoms with E-state index in [2.05, 4.69) is 43.0 Å². The predicted octanol–water partition coefficient (Wildman–Crippen LogP) is 3.26. The topological polar surface area (TPSA) is 41.9 Å². The summed E-state index contributed by atoms with van der Waals surface area (Å²) in [5, 5.41) is 10.5. The summed E-state index contributed by atoms with van der Waals surface area (Å²) in [6, 6.07) is 20.3. The maximum absolute atomic E-state index is 10.5. The Kier molecular flexibility index (Phi) is 6.80. The second kappa shape index (κ2) is 9.28. The van der Waals surface area contributed by atoms with E-state index in [1.54, 1.807) is 0 Å². The van der Waals surface area contributed by atoms with E-state index in [0.29, 0.717) is 13.2 Å². The number of benzene rings is 2. The van der Waals surface area contributed by atoms with Crippen molar-refractivity contribution in [2.45, 2.75) is 38.3 Å². The van der Waals surface area contributed by atoms with Gasteiger partial charge in [-0.2, -0.15) is 0 Å². The van der Waals surface area contributed by atoms with Crippen molar-refractivity contribution in [3.8, 4) is 0 Å². The molecule has 0 saturated carbocycles. The highest BCUT2D eigenvalue weighted by molar-refractivity contribution is 5.29. The van der Waals surface area contributed by atoms with Crippen LogP contribution in [0.1, 0.15) is 31.1 Å². The maximum atomic E-state index is 10.5. The molecule has 1 aliphatic rings. The van der Waals surface area contributed by atoms with Gasteiger partial charge in [-0.05, 0) is 25.0 Å². The van der Waals surface area contributed by atoms with Gasteiger partial charge < -0.3 is 14.6 Å². The fourth-order valence-corrected chi connectivity index (χ4v) is 3.63. The van der Waals surface area contributed by atoms with Gasteiger partial charge in [-0.1, -0.05) is 60.7 Å². The molecule has 1 fully saturated rings. The monoisotopic (exact) mass is 355 g/mol. The van der Waals surface area contributed by atoms with Gasteiger partial charge in [-0.15, -0.1) is 0 Å². The SMILES string of the molecule is C[C@H]1CN(C[C@H](O)COC(c2ccccc2)c2ccccc2)C[C@H](C)O1. The minimum atomic E-state index is -0.526. The van der Waals surface area contributed by atoms with Crippen LogP contribution >= 0.6 is 0 Å². The van der Waals surface area contributed by atoms with E-state index in [4.69, 9.17) is 9.47 Å². The molecule has 1 N–H and O–H groups in total. The van der Waals surface area contributed by atoms with Crippen LogP contribution in [0.15, 0.2) is 60.7 Å². The molecule has 0 aliphatic carbocycles. The molecule has 4 nitrogen and oxygen atoms in total. The van der Waals surface area contributed by atoms with E-state index in [0.717, 1.165) is 24.2 Å². The normalized spacial score (nSPS) is 22.5. The molecule has 0 spiro atoms. The largest absolute Gasteiger partial charge is 0.389 e. The highest BCUT2D eigenvalue weighted by atomic mass is 16.5. The van der Waals surface area contributed by atoms with Crippen LogP contribution in [-0.2, 0) is 9.47 Å². The predicted molar refractivity (Wildman–Crippen MR) is 103 cm³/mol.